The number of nitrogens with two attached hydrogens (primary N) is 1. The van der Waals surface area contributed by atoms with E-state index in [4.69, 9.17) is 5.73 Å². The number of rotatable bonds is 2. The first-order valence-corrected chi connectivity index (χ1v) is 4.29. The Balaban J connectivity index is 2.94. The van der Waals surface area contributed by atoms with Crippen molar-refractivity contribution in [1.82, 2.24) is 0 Å². The zero-order valence-electron chi connectivity index (χ0n) is 6.94. The van der Waals surface area contributed by atoms with Gasteiger partial charge in [0, 0.05) is 4.90 Å². The van der Waals surface area contributed by atoms with Gasteiger partial charge in [-0.3, -0.25) is 0 Å². The van der Waals surface area contributed by atoms with Gasteiger partial charge in [0.2, 0.25) is 0 Å². The van der Waals surface area contributed by atoms with Gasteiger partial charge < -0.3 is 10.8 Å². The highest BCUT2D eigenvalue weighted by atomic mass is 32.1. The standard InChI is InChI=1S/C9H13NOS/c1-6(11)9(10)7-4-2-3-5-8(7)12/h2-6,9,11-12H,10H2,1H3/t6-,9-/m0/s1. The minimum absolute atomic E-state index is 0.348. The maximum atomic E-state index is 9.24. The summed E-state index contributed by atoms with van der Waals surface area (Å²) in [7, 11) is 0. The molecule has 3 N–H and O–H groups in total. The molecule has 0 bridgehead atoms. The third kappa shape index (κ3) is 2.00. The molecule has 0 aliphatic rings. The lowest BCUT2D eigenvalue weighted by molar-refractivity contribution is 0.163. The molecule has 0 heterocycles. The van der Waals surface area contributed by atoms with Crippen LogP contribution >= 0.6 is 12.6 Å². The van der Waals surface area contributed by atoms with Crippen LogP contribution in [0.25, 0.3) is 0 Å². The summed E-state index contributed by atoms with van der Waals surface area (Å²) in [6.07, 6.45) is -0.543. The summed E-state index contributed by atoms with van der Waals surface area (Å²) < 4.78 is 0. The van der Waals surface area contributed by atoms with E-state index in [1.807, 2.05) is 24.3 Å². The van der Waals surface area contributed by atoms with E-state index < -0.39 is 6.10 Å². The Kier molecular flexibility index (Phi) is 3.14. The van der Waals surface area contributed by atoms with Crippen molar-refractivity contribution in [3.8, 4) is 0 Å². The van der Waals surface area contributed by atoms with E-state index >= 15 is 0 Å². The van der Waals surface area contributed by atoms with Gasteiger partial charge in [-0.2, -0.15) is 0 Å². The number of hydrogen-bond donors (Lipinski definition) is 3. The summed E-state index contributed by atoms with van der Waals surface area (Å²) in [5, 5.41) is 9.24. The molecule has 3 heteroatoms. The van der Waals surface area contributed by atoms with Crippen molar-refractivity contribution in [2.75, 3.05) is 0 Å². The van der Waals surface area contributed by atoms with Crippen LogP contribution in [0, 0.1) is 0 Å². The molecular formula is C9H13NOS. The Morgan fingerprint density at radius 1 is 1.42 bits per heavy atom. The van der Waals surface area contributed by atoms with Crippen LogP contribution in [0.3, 0.4) is 0 Å². The first kappa shape index (κ1) is 9.58. The van der Waals surface area contributed by atoms with Crippen molar-refractivity contribution in [3.05, 3.63) is 29.8 Å². The summed E-state index contributed by atoms with van der Waals surface area (Å²) in [5.41, 5.74) is 6.62. The van der Waals surface area contributed by atoms with E-state index in [0.717, 1.165) is 10.5 Å². The van der Waals surface area contributed by atoms with Crippen LogP contribution in [0.1, 0.15) is 18.5 Å². The van der Waals surface area contributed by atoms with Gasteiger partial charge in [0.05, 0.1) is 12.1 Å². The first-order chi connectivity index (χ1) is 5.63. The van der Waals surface area contributed by atoms with Crippen LogP contribution in [0.15, 0.2) is 29.2 Å². The van der Waals surface area contributed by atoms with Crippen molar-refractivity contribution < 1.29 is 5.11 Å². The van der Waals surface area contributed by atoms with E-state index in [2.05, 4.69) is 12.6 Å². The van der Waals surface area contributed by atoms with Crippen LogP contribution in [0.5, 0.6) is 0 Å². The van der Waals surface area contributed by atoms with Crippen LogP contribution in [-0.2, 0) is 0 Å². The van der Waals surface area contributed by atoms with Gasteiger partial charge >= 0.3 is 0 Å². The SMILES string of the molecule is C[C@H](O)[C@H](N)c1ccccc1S. The minimum Gasteiger partial charge on any atom is -0.391 e. The second-order valence-electron chi connectivity index (χ2n) is 2.83. The summed E-state index contributed by atoms with van der Waals surface area (Å²) in [5.74, 6) is 0. The van der Waals surface area contributed by atoms with Crippen molar-refractivity contribution >= 4 is 12.6 Å². The average Bonchev–Trinajstić information content (AvgIpc) is 2.04. The second-order valence-corrected chi connectivity index (χ2v) is 3.31. The molecule has 0 aliphatic carbocycles. The molecule has 0 saturated heterocycles. The smallest absolute Gasteiger partial charge is 0.0705 e. The number of aliphatic hydroxyl groups excluding tert-OH is 1. The van der Waals surface area contributed by atoms with E-state index in [1.165, 1.54) is 0 Å². The van der Waals surface area contributed by atoms with Crippen molar-refractivity contribution in [2.45, 2.75) is 24.0 Å². The van der Waals surface area contributed by atoms with Gasteiger partial charge in [0.1, 0.15) is 0 Å². The monoisotopic (exact) mass is 183 g/mol. The van der Waals surface area contributed by atoms with Crippen molar-refractivity contribution in [1.29, 1.82) is 0 Å². The first-order valence-electron chi connectivity index (χ1n) is 3.84. The molecule has 1 aromatic carbocycles. The molecule has 0 amide bonds. The number of hydrogen-bond acceptors (Lipinski definition) is 3. The van der Waals surface area contributed by atoms with E-state index in [0.29, 0.717) is 0 Å². The fourth-order valence-electron chi connectivity index (χ4n) is 1.03. The molecule has 1 rings (SSSR count). The molecule has 66 valence electrons. The maximum Gasteiger partial charge on any atom is 0.0705 e. The molecule has 0 unspecified atom stereocenters. The number of aliphatic hydroxyl groups is 1. The van der Waals surface area contributed by atoms with Gasteiger partial charge in [-0.25, -0.2) is 0 Å². The summed E-state index contributed by atoms with van der Waals surface area (Å²) in [6, 6.07) is 7.16. The lowest BCUT2D eigenvalue weighted by Gasteiger charge is -2.16. The average molecular weight is 183 g/mol. The Labute approximate surface area is 77.8 Å². The fraction of sp³-hybridized carbons (Fsp3) is 0.333. The molecule has 0 fully saturated rings. The zero-order chi connectivity index (χ0) is 9.14. The molecule has 0 aliphatic heterocycles. The lowest BCUT2D eigenvalue weighted by atomic mass is 10.0. The van der Waals surface area contributed by atoms with Gasteiger partial charge in [0.15, 0.2) is 0 Å². The minimum atomic E-state index is -0.543. The molecule has 1 aromatic rings. The quantitative estimate of drug-likeness (QED) is 0.606. The third-order valence-electron chi connectivity index (χ3n) is 1.82. The fourth-order valence-corrected chi connectivity index (χ4v) is 1.34. The van der Waals surface area contributed by atoms with Gasteiger partial charge in [0.25, 0.3) is 0 Å². The predicted octanol–water partition coefficient (Wildman–Crippen LogP) is 1.36. The molecule has 2 atom stereocenters. The second kappa shape index (κ2) is 3.94. The maximum absolute atomic E-state index is 9.24. The van der Waals surface area contributed by atoms with Crippen molar-refractivity contribution in [2.24, 2.45) is 5.73 Å². The summed E-state index contributed by atoms with van der Waals surface area (Å²) >= 11 is 4.24. The molecule has 0 spiro atoms. The molecule has 0 aromatic heterocycles. The van der Waals surface area contributed by atoms with E-state index in [9.17, 15) is 5.11 Å². The van der Waals surface area contributed by atoms with Crippen LogP contribution in [0.2, 0.25) is 0 Å². The summed E-state index contributed by atoms with van der Waals surface area (Å²) in [4.78, 5) is 0.825. The normalized spacial score (nSPS) is 15.7. The highest BCUT2D eigenvalue weighted by Gasteiger charge is 2.13. The van der Waals surface area contributed by atoms with Crippen LogP contribution in [0.4, 0.5) is 0 Å². The van der Waals surface area contributed by atoms with Gasteiger partial charge in [-0.15, -0.1) is 12.6 Å². The summed E-state index contributed by atoms with van der Waals surface area (Å²) in [6.45, 7) is 1.67. The Morgan fingerprint density at radius 2 is 2.00 bits per heavy atom. The Morgan fingerprint density at radius 3 is 2.50 bits per heavy atom. The number of thiol groups is 1. The van der Waals surface area contributed by atoms with E-state index in [-0.39, 0.29) is 6.04 Å². The molecule has 0 saturated carbocycles. The van der Waals surface area contributed by atoms with Gasteiger partial charge in [-0.05, 0) is 18.6 Å². The zero-order valence-corrected chi connectivity index (χ0v) is 7.83. The molecule has 12 heavy (non-hydrogen) atoms. The Bertz CT molecular complexity index is 262. The topological polar surface area (TPSA) is 46.2 Å². The number of benzene rings is 1. The van der Waals surface area contributed by atoms with Crippen LogP contribution in [-0.4, -0.2) is 11.2 Å². The molecular weight excluding hydrogens is 170 g/mol. The highest BCUT2D eigenvalue weighted by Crippen LogP contribution is 2.21. The van der Waals surface area contributed by atoms with Gasteiger partial charge in [-0.1, -0.05) is 18.2 Å². The predicted molar refractivity (Wildman–Crippen MR) is 52.3 cm³/mol. The molecule has 2 nitrogen and oxygen atoms in total. The van der Waals surface area contributed by atoms with Crippen LogP contribution < -0.4 is 5.73 Å². The van der Waals surface area contributed by atoms with Crippen molar-refractivity contribution in [3.63, 3.8) is 0 Å². The highest BCUT2D eigenvalue weighted by molar-refractivity contribution is 7.80. The largest absolute Gasteiger partial charge is 0.391 e. The Hall–Kier alpha value is -0.510. The van der Waals surface area contributed by atoms with E-state index in [1.54, 1.807) is 6.92 Å². The lowest BCUT2D eigenvalue weighted by Crippen LogP contribution is -2.23. The third-order valence-corrected chi connectivity index (χ3v) is 2.22. The molecule has 0 radical (unpaired) electrons.